The zero-order valence-electron chi connectivity index (χ0n) is 16.6. The molecule has 4 rings (SSSR count). The number of anilines is 1. The van der Waals surface area contributed by atoms with Gasteiger partial charge in [-0.25, -0.2) is 9.97 Å². The van der Waals surface area contributed by atoms with Crippen LogP contribution in [-0.2, 0) is 17.8 Å². The lowest BCUT2D eigenvalue weighted by molar-refractivity contribution is -0.118. The fraction of sp³-hybridized carbons (Fsp3) is 0.273. The van der Waals surface area contributed by atoms with E-state index in [-0.39, 0.29) is 11.8 Å². The molecule has 0 saturated carbocycles. The minimum atomic E-state index is -0.136. The van der Waals surface area contributed by atoms with Gasteiger partial charge < -0.3 is 10.2 Å². The molecular formula is C22H23N5O2. The number of rotatable bonds is 5. The van der Waals surface area contributed by atoms with Crippen molar-refractivity contribution >= 4 is 17.5 Å². The number of hydrogen-bond acceptors (Lipinski definition) is 4. The largest absolute Gasteiger partial charge is 0.348 e. The van der Waals surface area contributed by atoms with Crippen LogP contribution in [0.1, 0.15) is 40.7 Å². The van der Waals surface area contributed by atoms with E-state index < -0.39 is 0 Å². The lowest BCUT2D eigenvalue weighted by Gasteiger charge is -2.16. The van der Waals surface area contributed by atoms with E-state index in [4.69, 9.17) is 0 Å². The minimum absolute atomic E-state index is 0.114. The number of benzene rings is 1. The number of amides is 2. The van der Waals surface area contributed by atoms with Gasteiger partial charge in [-0.15, -0.1) is 0 Å². The van der Waals surface area contributed by atoms with Gasteiger partial charge in [0, 0.05) is 49.4 Å². The summed E-state index contributed by atoms with van der Waals surface area (Å²) in [4.78, 5) is 35.0. The molecule has 1 N–H and O–H groups in total. The van der Waals surface area contributed by atoms with Crippen LogP contribution in [0.3, 0.4) is 0 Å². The number of pyridine rings is 1. The molecule has 1 aromatic carbocycles. The topological polar surface area (TPSA) is 80.1 Å². The Morgan fingerprint density at radius 1 is 1.17 bits per heavy atom. The molecule has 0 unspecified atom stereocenters. The average Bonchev–Trinajstić information content (AvgIpc) is 3.37. The van der Waals surface area contributed by atoms with E-state index in [1.54, 1.807) is 23.4 Å². The number of carbonyl (C=O) groups excluding carboxylic acids is 2. The van der Waals surface area contributed by atoms with Crippen molar-refractivity contribution in [3.63, 3.8) is 0 Å². The van der Waals surface area contributed by atoms with Gasteiger partial charge in [0.25, 0.3) is 5.91 Å². The standard InChI is InChI=1S/C22H23N5O2/c1-3-21(28)27-10-8-17-12-18(5-6-19(17)27)22(29)25-14-16-4-7-20(24-13-16)26-11-9-23-15(26)2/h4-7,9,11-13H,3,8,10,14H2,1-2H3,(H,25,29). The Balaban J connectivity index is 1.40. The average molecular weight is 389 g/mol. The molecule has 0 aliphatic carbocycles. The third kappa shape index (κ3) is 3.76. The molecule has 0 atom stereocenters. The summed E-state index contributed by atoms with van der Waals surface area (Å²) in [6.07, 6.45) is 6.61. The number of aryl methyl sites for hydroxylation is 1. The first-order valence-corrected chi connectivity index (χ1v) is 9.73. The summed E-state index contributed by atoms with van der Waals surface area (Å²) in [7, 11) is 0. The van der Waals surface area contributed by atoms with Crippen LogP contribution in [0.2, 0.25) is 0 Å². The number of nitrogens with zero attached hydrogens (tertiary/aromatic N) is 4. The zero-order valence-corrected chi connectivity index (χ0v) is 16.6. The molecule has 7 heteroatoms. The van der Waals surface area contributed by atoms with Gasteiger partial charge in [-0.1, -0.05) is 13.0 Å². The maximum Gasteiger partial charge on any atom is 0.251 e. The van der Waals surface area contributed by atoms with E-state index in [0.717, 1.165) is 34.9 Å². The highest BCUT2D eigenvalue weighted by molar-refractivity contribution is 5.98. The van der Waals surface area contributed by atoms with Crippen LogP contribution in [0.4, 0.5) is 5.69 Å². The first-order chi connectivity index (χ1) is 14.1. The molecular weight excluding hydrogens is 366 g/mol. The van der Waals surface area contributed by atoms with E-state index in [1.165, 1.54) is 0 Å². The van der Waals surface area contributed by atoms with Gasteiger partial charge in [0.2, 0.25) is 5.91 Å². The number of carbonyl (C=O) groups is 2. The van der Waals surface area contributed by atoms with Crippen LogP contribution in [0, 0.1) is 6.92 Å². The summed E-state index contributed by atoms with van der Waals surface area (Å²) < 4.78 is 1.90. The normalized spacial score (nSPS) is 12.7. The van der Waals surface area contributed by atoms with Gasteiger partial charge in [-0.3, -0.25) is 14.2 Å². The summed E-state index contributed by atoms with van der Waals surface area (Å²) in [6.45, 7) is 4.86. The van der Waals surface area contributed by atoms with Crippen LogP contribution in [0.5, 0.6) is 0 Å². The molecule has 2 amide bonds. The van der Waals surface area contributed by atoms with Crippen molar-refractivity contribution in [1.29, 1.82) is 0 Å². The Morgan fingerprint density at radius 3 is 2.72 bits per heavy atom. The number of aromatic nitrogens is 3. The van der Waals surface area contributed by atoms with Crippen LogP contribution < -0.4 is 10.2 Å². The monoisotopic (exact) mass is 389 g/mol. The van der Waals surface area contributed by atoms with Gasteiger partial charge >= 0.3 is 0 Å². The number of fused-ring (bicyclic) bond motifs is 1. The molecule has 0 bridgehead atoms. The van der Waals surface area contributed by atoms with Crippen LogP contribution >= 0.6 is 0 Å². The van der Waals surface area contributed by atoms with Crippen molar-refractivity contribution in [2.75, 3.05) is 11.4 Å². The summed E-state index contributed by atoms with van der Waals surface area (Å²) in [5.74, 6) is 1.64. The second-order valence-electron chi connectivity index (χ2n) is 7.04. The van der Waals surface area contributed by atoms with Gasteiger partial charge in [-0.05, 0) is 48.7 Å². The van der Waals surface area contributed by atoms with E-state index in [2.05, 4.69) is 15.3 Å². The minimum Gasteiger partial charge on any atom is -0.348 e. The highest BCUT2D eigenvalue weighted by Gasteiger charge is 2.24. The van der Waals surface area contributed by atoms with Crippen molar-refractivity contribution in [3.05, 3.63) is 71.4 Å². The molecule has 0 radical (unpaired) electrons. The van der Waals surface area contributed by atoms with Crippen LogP contribution in [0.15, 0.2) is 48.9 Å². The van der Waals surface area contributed by atoms with Crippen molar-refractivity contribution in [1.82, 2.24) is 19.9 Å². The first kappa shape index (κ1) is 18.9. The van der Waals surface area contributed by atoms with Crippen molar-refractivity contribution in [3.8, 4) is 5.82 Å². The molecule has 29 heavy (non-hydrogen) atoms. The molecule has 2 aromatic heterocycles. The van der Waals surface area contributed by atoms with Gasteiger partial charge in [0.15, 0.2) is 0 Å². The Labute approximate surface area is 169 Å². The van der Waals surface area contributed by atoms with Gasteiger partial charge in [0.05, 0.1) is 0 Å². The Kier molecular flexibility index (Phi) is 5.12. The van der Waals surface area contributed by atoms with Gasteiger partial charge in [0.1, 0.15) is 11.6 Å². The second-order valence-corrected chi connectivity index (χ2v) is 7.04. The van der Waals surface area contributed by atoms with Crippen LogP contribution in [0.25, 0.3) is 5.82 Å². The van der Waals surface area contributed by atoms with Crippen molar-refractivity contribution in [2.45, 2.75) is 33.2 Å². The maximum atomic E-state index is 12.6. The maximum absolute atomic E-state index is 12.6. The van der Waals surface area contributed by atoms with E-state index in [0.29, 0.717) is 25.1 Å². The highest BCUT2D eigenvalue weighted by Crippen LogP contribution is 2.29. The smallest absolute Gasteiger partial charge is 0.251 e. The van der Waals surface area contributed by atoms with E-state index in [9.17, 15) is 9.59 Å². The van der Waals surface area contributed by atoms with Gasteiger partial charge in [-0.2, -0.15) is 0 Å². The summed E-state index contributed by atoms with van der Waals surface area (Å²) in [6, 6.07) is 9.38. The SMILES string of the molecule is CCC(=O)N1CCc2cc(C(=O)NCc3ccc(-n4ccnc4C)nc3)ccc21. The Hall–Kier alpha value is -3.48. The molecule has 1 aliphatic rings. The predicted octanol–water partition coefficient (Wildman–Crippen LogP) is 2.80. The zero-order chi connectivity index (χ0) is 20.4. The third-order valence-electron chi connectivity index (χ3n) is 5.18. The van der Waals surface area contributed by atoms with E-state index in [1.807, 2.05) is 48.9 Å². The molecule has 1 aliphatic heterocycles. The van der Waals surface area contributed by atoms with Crippen molar-refractivity contribution < 1.29 is 9.59 Å². The fourth-order valence-electron chi connectivity index (χ4n) is 3.56. The van der Waals surface area contributed by atoms with E-state index >= 15 is 0 Å². The highest BCUT2D eigenvalue weighted by atomic mass is 16.2. The first-order valence-electron chi connectivity index (χ1n) is 9.73. The number of hydrogen-bond donors (Lipinski definition) is 1. The molecule has 0 fully saturated rings. The molecule has 3 aromatic rings. The second kappa shape index (κ2) is 7.87. The lowest BCUT2D eigenvalue weighted by atomic mass is 10.1. The fourth-order valence-corrected chi connectivity index (χ4v) is 3.56. The molecule has 7 nitrogen and oxygen atoms in total. The number of nitrogens with one attached hydrogen (secondary N) is 1. The molecule has 3 heterocycles. The summed E-state index contributed by atoms with van der Waals surface area (Å²) >= 11 is 0. The Bertz CT molecular complexity index is 1060. The summed E-state index contributed by atoms with van der Waals surface area (Å²) in [5.41, 5.74) is 3.48. The molecule has 148 valence electrons. The molecule has 0 saturated heterocycles. The molecule has 0 spiro atoms. The Morgan fingerprint density at radius 2 is 2.03 bits per heavy atom. The van der Waals surface area contributed by atoms with Crippen LogP contribution in [-0.4, -0.2) is 32.9 Å². The van der Waals surface area contributed by atoms with Crippen molar-refractivity contribution in [2.24, 2.45) is 0 Å². The summed E-state index contributed by atoms with van der Waals surface area (Å²) in [5, 5.41) is 2.94. The third-order valence-corrected chi connectivity index (χ3v) is 5.18. The lowest BCUT2D eigenvalue weighted by Crippen LogP contribution is -2.27. The number of imidazole rings is 1. The predicted molar refractivity (Wildman–Crippen MR) is 110 cm³/mol. The quantitative estimate of drug-likeness (QED) is 0.728.